The number of Topliss-reactive ketones (excluding diaryl/α,β-unsaturated/α-hetero) is 2. The third-order valence-corrected chi connectivity index (χ3v) is 4.81. The topological polar surface area (TPSA) is 83.5 Å². The van der Waals surface area contributed by atoms with Crippen LogP contribution >= 0.6 is 34.8 Å². The average Bonchev–Trinajstić information content (AvgIpc) is 2.81. The number of nitrogens with one attached hydrogen (secondary N) is 1. The van der Waals surface area contributed by atoms with Gasteiger partial charge in [-0.25, -0.2) is 4.79 Å². The highest BCUT2D eigenvalue weighted by molar-refractivity contribution is 6.51. The molecule has 1 atom stereocenters. The number of carbonyl (C=O) groups is 3. The van der Waals surface area contributed by atoms with Gasteiger partial charge < -0.3 is 10.4 Å². The molecule has 1 aliphatic carbocycles. The van der Waals surface area contributed by atoms with Gasteiger partial charge in [-0.05, 0) is 42.0 Å². The van der Waals surface area contributed by atoms with Crippen LogP contribution in [0.5, 0.6) is 0 Å². The van der Waals surface area contributed by atoms with Crippen molar-refractivity contribution in [3.05, 3.63) is 74.4 Å². The molecular weight excluding hydrogens is 401 g/mol. The first-order valence-electron chi connectivity index (χ1n) is 7.33. The van der Waals surface area contributed by atoms with Gasteiger partial charge >= 0.3 is 5.97 Å². The van der Waals surface area contributed by atoms with Crippen LogP contribution in [0.2, 0.25) is 10.0 Å². The van der Waals surface area contributed by atoms with E-state index < -0.39 is 23.5 Å². The molecule has 0 saturated heterocycles. The van der Waals surface area contributed by atoms with Crippen LogP contribution in [-0.2, 0) is 9.59 Å². The molecule has 26 heavy (non-hydrogen) atoms. The molecule has 3 rings (SSSR count). The maximum absolute atomic E-state index is 12.8. The van der Waals surface area contributed by atoms with Crippen LogP contribution in [0.3, 0.4) is 0 Å². The minimum Gasteiger partial charge on any atom is -0.478 e. The van der Waals surface area contributed by atoms with Gasteiger partial charge in [-0.2, -0.15) is 0 Å². The van der Waals surface area contributed by atoms with E-state index in [1.165, 1.54) is 30.3 Å². The van der Waals surface area contributed by atoms with Gasteiger partial charge in [0.05, 0.1) is 5.56 Å². The molecule has 1 unspecified atom stereocenters. The lowest BCUT2D eigenvalue weighted by Crippen LogP contribution is -2.18. The van der Waals surface area contributed by atoms with E-state index in [-0.39, 0.29) is 26.9 Å². The molecule has 0 bridgehead atoms. The number of hydrogen-bond donors (Lipinski definition) is 2. The van der Waals surface area contributed by atoms with Crippen LogP contribution in [0, 0.1) is 0 Å². The van der Waals surface area contributed by atoms with Crippen LogP contribution in [0.4, 0.5) is 5.69 Å². The summed E-state index contributed by atoms with van der Waals surface area (Å²) in [5.41, 5.74) is 0.499. The molecule has 0 saturated carbocycles. The maximum Gasteiger partial charge on any atom is 0.335 e. The van der Waals surface area contributed by atoms with Crippen molar-refractivity contribution in [2.24, 2.45) is 0 Å². The molecule has 0 aliphatic heterocycles. The molecular formula is C18H10Cl3NO4. The Balaban J connectivity index is 1.96. The standard InChI is InChI=1S/C18H10Cl3NO4/c19-9-4-5-12(20)11(7-9)13-16(23)14(21)15(17(13)24)22-10-3-1-2-8(6-10)18(25)26/h1-7,13,22H,(H,25,26). The summed E-state index contributed by atoms with van der Waals surface area (Å²) in [6.45, 7) is 0. The second-order valence-corrected chi connectivity index (χ2v) is 6.75. The summed E-state index contributed by atoms with van der Waals surface area (Å²) in [5, 5.41) is 12.1. The third-order valence-electron chi connectivity index (χ3n) is 3.85. The van der Waals surface area contributed by atoms with Crippen LogP contribution in [-0.4, -0.2) is 22.6 Å². The lowest BCUT2D eigenvalue weighted by atomic mass is 9.94. The van der Waals surface area contributed by atoms with Crippen LogP contribution in [0.25, 0.3) is 0 Å². The number of ketones is 2. The monoisotopic (exact) mass is 409 g/mol. The molecule has 2 aromatic rings. The van der Waals surface area contributed by atoms with Crippen molar-refractivity contribution in [2.75, 3.05) is 5.32 Å². The van der Waals surface area contributed by atoms with E-state index in [1.54, 1.807) is 12.1 Å². The first-order valence-corrected chi connectivity index (χ1v) is 8.46. The quantitative estimate of drug-likeness (QED) is 0.726. The molecule has 0 amide bonds. The summed E-state index contributed by atoms with van der Waals surface area (Å²) in [6.07, 6.45) is 0. The van der Waals surface area contributed by atoms with E-state index in [0.717, 1.165) is 0 Å². The molecule has 0 aromatic heterocycles. The summed E-state index contributed by atoms with van der Waals surface area (Å²) in [7, 11) is 0. The Bertz CT molecular complexity index is 984. The fraction of sp³-hybridized carbons (Fsp3) is 0.0556. The minimum atomic E-state index is -1.20. The highest BCUT2D eigenvalue weighted by atomic mass is 35.5. The Hall–Kier alpha value is -2.34. The molecule has 0 fully saturated rings. The van der Waals surface area contributed by atoms with E-state index >= 15 is 0 Å². The van der Waals surface area contributed by atoms with E-state index in [9.17, 15) is 14.4 Å². The van der Waals surface area contributed by atoms with Gasteiger partial charge in [0.2, 0.25) is 0 Å². The number of allylic oxidation sites excluding steroid dienone is 2. The summed E-state index contributed by atoms with van der Waals surface area (Å²) in [4.78, 5) is 36.3. The van der Waals surface area contributed by atoms with Gasteiger partial charge in [-0.15, -0.1) is 0 Å². The van der Waals surface area contributed by atoms with Crippen molar-refractivity contribution < 1.29 is 19.5 Å². The largest absolute Gasteiger partial charge is 0.478 e. The predicted octanol–water partition coefficient (Wildman–Crippen LogP) is 4.49. The highest BCUT2D eigenvalue weighted by Crippen LogP contribution is 2.38. The van der Waals surface area contributed by atoms with Gasteiger partial charge in [0.25, 0.3) is 0 Å². The second-order valence-electron chi connectivity index (χ2n) is 5.53. The van der Waals surface area contributed by atoms with Gasteiger partial charge in [0.1, 0.15) is 16.6 Å². The number of rotatable bonds is 4. The fourth-order valence-corrected chi connectivity index (χ4v) is 3.29. The number of anilines is 1. The van der Waals surface area contributed by atoms with Crippen LogP contribution < -0.4 is 5.32 Å². The van der Waals surface area contributed by atoms with Crippen LogP contribution in [0.15, 0.2) is 53.2 Å². The number of carboxylic acids is 1. The van der Waals surface area contributed by atoms with E-state index in [1.807, 2.05) is 0 Å². The molecule has 2 aromatic carbocycles. The summed E-state index contributed by atoms with van der Waals surface area (Å²) >= 11 is 18.1. The first kappa shape index (κ1) is 18.5. The predicted molar refractivity (Wildman–Crippen MR) is 99.1 cm³/mol. The Morgan fingerprint density at radius 2 is 1.73 bits per heavy atom. The van der Waals surface area contributed by atoms with Crippen molar-refractivity contribution in [1.29, 1.82) is 0 Å². The Labute approximate surface area is 163 Å². The number of carbonyl (C=O) groups excluding carboxylic acids is 2. The normalized spacial score (nSPS) is 17.0. The molecule has 1 aliphatic rings. The number of hydrogen-bond acceptors (Lipinski definition) is 4. The molecule has 8 heteroatoms. The van der Waals surface area contributed by atoms with E-state index in [0.29, 0.717) is 10.7 Å². The number of aromatic carboxylic acids is 1. The maximum atomic E-state index is 12.8. The van der Waals surface area contributed by atoms with E-state index in [4.69, 9.17) is 39.9 Å². The molecule has 0 heterocycles. The number of halogens is 3. The summed E-state index contributed by atoms with van der Waals surface area (Å²) in [5.74, 6) is -3.48. The molecule has 0 radical (unpaired) electrons. The smallest absolute Gasteiger partial charge is 0.335 e. The number of benzene rings is 2. The Morgan fingerprint density at radius 3 is 2.42 bits per heavy atom. The minimum absolute atomic E-state index is 0.0259. The number of carboxylic acid groups (broad SMARTS) is 1. The summed E-state index contributed by atoms with van der Waals surface area (Å²) in [6, 6.07) is 10.3. The Kier molecular flexibility index (Phi) is 5.05. The Morgan fingerprint density at radius 1 is 1.00 bits per heavy atom. The van der Waals surface area contributed by atoms with Gasteiger partial charge in [0.15, 0.2) is 11.6 Å². The highest BCUT2D eigenvalue weighted by Gasteiger charge is 2.42. The molecule has 132 valence electrons. The molecule has 5 nitrogen and oxygen atoms in total. The van der Waals surface area contributed by atoms with Crippen molar-refractivity contribution in [2.45, 2.75) is 5.92 Å². The fourth-order valence-electron chi connectivity index (χ4n) is 2.63. The van der Waals surface area contributed by atoms with Crippen LogP contribution in [0.1, 0.15) is 21.8 Å². The lowest BCUT2D eigenvalue weighted by Gasteiger charge is -2.12. The first-order chi connectivity index (χ1) is 12.3. The van der Waals surface area contributed by atoms with E-state index in [2.05, 4.69) is 5.32 Å². The second kappa shape index (κ2) is 7.11. The average molecular weight is 411 g/mol. The third kappa shape index (κ3) is 3.33. The van der Waals surface area contributed by atoms with Gasteiger partial charge in [0, 0.05) is 15.7 Å². The van der Waals surface area contributed by atoms with Gasteiger partial charge in [-0.3, -0.25) is 9.59 Å². The van der Waals surface area contributed by atoms with Crippen molar-refractivity contribution >= 4 is 58.0 Å². The zero-order valence-electron chi connectivity index (χ0n) is 12.9. The lowest BCUT2D eigenvalue weighted by molar-refractivity contribution is -0.122. The molecule has 0 spiro atoms. The van der Waals surface area contributed by atoms with Crippen molar-refractivity contribution in [3.63, 3.8) is 0 Å². The molecule has 2 N–H and O–H groups in total. The van der Waals surface area contributed by atoms with Crippen molar-refractivity contribution in [3.8, 4) is 0 Å². The van der Waals surface area contributed by atoms with Crippen molar-refractivity contribution in [1.82, 2.24) is 0 Å². The summed E-state index contributed by atoms with van der Waals surface area (Å²) < 4.78 is 0. The zero-order chi connectivity index (χ0) is 19.0. The zero-order valence-corrected chi connectivity index (χ0v) is 15.2. The SMILES string of the molecule is O=C(O)c1cccc(NC2=C(Cl)C(=O)C(c3cc(Cl)ccc3Cl)C2=O)c1. The van der Waals surface area contributed by atoms with Gasteiger partial charge in [-0.1, -0.05) is 40.9 Å².